The molecule has 0 radical (unpaired) electrons. The van der Waals surface area contributed by atoms with Crippen LogP contribution in [0.5, 0.6) is 0 Å². The van der Waals surface area contributed by atoms with Gasteiger partial charge < -0.3 is 10.4 Å². The van der Waals surface area contributed by atoms with Gasteiger partial charge in [-0.1, -0.05) is 0 Å². The number of hydrogen-bond acceptors (Lipinski definition) is 4. The molecule has 0 rings (SSSR count). The van der Waals surface area contributed by atoms with Crippen LogP contribution in [0, 0.1) is 0 Å². The molecule has 5 nitrogen and oxygen atoms in total. The Morgan fingerprint density at radius 3 is 2.20 bits per heavy atom. The molecule has 6 heteroatoms. The molecule has 0 bridgehead atoms. The van der Waals surface area contributed by atoms with Crippen LogP contribution in [-0.4, -0.2) is 43.5 Å². The maximum atomic E-state index is 10.3. The Bertz CT molecular complexity index is 176. The second-order valence-electron chi connectivity index (χ2n) is 1.88. The molecular weight excluding hydrogens is 158 g/mol. The lowest BCUT2D eigenvalue weighted by Crippen LogP contribution is -2.34. The predicted molar refractivity (Wildman–Crippen MR) is 36.3 cm³/mol. The third-order valence-corrected chi connectivity index (χ3v) is 2.21. The van der Waals surface area contributed by atoms with Gasteiger partial charge in [-0.2, -0.15) is 8.42 Å². The van der Waals surface area contributed by atoms with Crippen molar-refractivity contribution >= 4 is 10.1 Å². The maximum Gasteiger partial charge on any atom is 0.271 e. The van der Waals surface area contributed by atoms with Crippen LogP contribution in [0.1, 0.15) is 0 Å². The van der Waals surface area contributed by atoms with Gasteiger partial charge in [0.25, 0.3) is 10.1 Å². The highest BCUT2D eigenvalue weighted by atomic mass is 32.2. The van der Waals surface area contributed by atoms with Crippen molar-refractivity contribution < 1.29 is 18.1 Å². The molecule has 1 atom stereocenters. The van der Waals surface area contributed by atoms with Crippen molar-refractivity contribution in [3.05, 3.63) is 0 Å². The summed E-state index contributed by atoms with van der Waals surface area (Å²) < 4.78 is 29.0. The first-order valence-corrected chi connectivity index (χ1v) is 4.24. The largest absolute Gasteiger partial charge is 0.395 e. The van der Waals surface area contributed by atoms with Crippen molar-refractivity contribution in [1.82, 2.24) is 5.32 Å². The number of aliphatic hydroxyl groups excluding tert-OH is 1. The molecule has 0 aliphatic carbocycles. The average molecular weight is 169 g/mol. The molecule has 10 heavy (non-hydrogen) atoms. The molecule has 0 saturated heterocycles. The molecule has 0 saturated carbocycles. The van der Waals surface area contributed by atoms with Gasteiger partial charge >= 0.3 is 0 Å². The minimum absolute atomic E-state index is 0.0509. The van der Waals surface area contributed by atoms with E-state index in [-0.39, 0.29) is 6.54 Å². The molecule has 0 heterocycles. The Morgan fingerprint density at radius 2 is 2.10 bits per heavy atom. The van der Waals surface area contributed by atoms with Crippen molar-refractivity contribution in [2.45, 2.75) is 5.25 Å². The number of rotatable bonds is 4. The van der Waals surface area contributed by atoms with Gasteiger partial charge in [-0.3, -0.25) is 4.55 Å². The first-order valence-electron chi connectivity index (χ1n) is 2.74. The van der Waals surface area contributed by atoms with Crippen LogP contribution in [0.2, 0.25) is 0 Å². The Hall–Kier alpha value is -0.170. The first-order chi connectivity index (χ1) is 4.52. The van der Waals surface area contributed by atoms with Crippen molar-refractivity contribution in [2.75, 3.05) is 20.2 Å². The molecular formula is C4H11NO4S. The third kappa shape index (κ3) is 3.11. The fourth-order valence-corrected chi connectivity index (χ4v) is 1.06. The van der Waals surface area contributed by atoms with E-state index >= 15 is 0 Å². The van der Waals surface area contributed by atoms with E-state index in [1.807, 2.05) is 0 Å². The molecule has 0 aromatic rings. The summed E-state index contributed by atoms with van der Waals surface area (Å²) in [5.41, 5.74) is 0. The standard InChI is InChI=1S/C4H11NO4S/c1-5-2-4(3-6)10(7,8)9/h4-6H,2-3H2,1H3,(H,7,8,9). The van der Waals surface area contributed by atoms with Crippen LogP contribution in [0.25, 0.3) is 0 Å². The predicted octanol–water partition coefficient (Wildman–Crippen LogP) is -1.55. The van der Waals surface area contributed by atoms with Gasteiger partial charge in [0.2, 0.25) is 0 Å². The highest BCUT2D eigenvalue weighted by Crippen LogP contribution is 1.94. The zero-order valence-corrected chi connectivity index (χ0v) is 6.43. The SMILES string of the molecule is CNCC(CO)S(=O)(=O)O. The van der Waals surface area contributed by atoms with Crippen LogP contribution < -0.4 is 5.32 Å². The zero-order valence-electron chi connectivity index (χ0n) is 5.61. The topological polar surface area (TPSA) is 86.6 Å². The second kappa shape index (κ2) is 3.87. The fraction of sp³-hybridized carbons (Fsp3) is 1.00. The summed E-state index contributed by atoms with van der Waals surface area (Å²) in [6, 6.07) is 0. The summed E-state index contributed by atoms with van der Waals surface area (Å²) in [5, 5.41) is 9.83. The minimum Gasteiger partial charge on any atom is -0.395 e. The maximum absolute atomic E-state index is 10.3. The van der Waals surface area contributed by atoms with E-state index in [9.17, 15) is 8.42 Å². The van der Waals surface area contributed by atoms with Crippen LogP contribution in [-0.2, 0) is 10.1 Å². The average Bonchev–Trinajstić information content (AvgIpc) is 1.80. The van der Waals surface area contributed by atoms with E-state index < -0.39 is 22.0 Å². The normalized spacial score (nSPS) is 15.1. The Balaban J connectivity index is 4.08. The molecule has 0 aromatic heterocycles. The quantitative estimate of drug-likeness (QED) is 0.444. The van der Waals surface area contributed by atoms with E-state index in [1.165, 1.54) is 7.05 Å². The van der Waals surface area contributed by atoms with Crippen molar-refractivity contribution in [3.8, 4) is 0 Å². The van der Waals surface area contributed by atoms with Gasteiger partial charge in [0.1, 0.15) is 5.25 Å². The minimum atomic E-state index is -4.09. The van der Waals surface area contributed by atoms with Crippen LogP contribution in [0.15, 0.2) is 0 Å². The van der Waals surface area contributed by atoms with Crippen molar-refractivity contribution in [1.29, 1.82) is 0 Å². The summed E-state index contributed by atoms with van der Waals surface area (Å²) >= 11 is 0. The lowest BCUT2D eigenvalue weighted by Gasteiger charge is -2.08. The zero-order chi connectivity index (χ0) is 8.20. The molecule has 0 amide bonds. The molecule has 0 fully saturated rings. The van der Waals surface area contributed by atoms with E-state index in [2.05, 4.69) is 5.32 Å². The molecule has 62 valence electrons. The molecule has 1 unspecified atom stereocenters. The molecule has 0 aliphatic rings. The monoisotopic (exact) mass is 169 g/mol. The molecule has 0 spiro atoms. The van der Waals surface area contributed by atoms with Gasteiger partial charge in [0, 0.05) is 6.54 Å². The van der Waals surface area contributed by atoms with Gasteiger partial charge in [-0.25, -0.2) is 0 Å². The van der Waals surface area contributed by atoms with E-state index in [0.29, 0.717) is 0 Å². The van der Waals surface area contributed by atoms with E-state index in [4.69, 9.17) is 9.66 Å². The van der Waals surface area contributed by atoms with Crippen molar-refractivity contribution in [3.63, 3.8) is 0 Å². The van der Waals surface area contributed by atoms with Crippen LogP contribution in [0.4, 0.5) is 0 Å². The summed E-state index contributed by atoms with van der Waals surface area (Å²) in [5.74, 6) is 0. The number of hydrogen-bond donors (Lipinski definition) is 3. The highest BCUT2D eigenvalue weighted by Gasteiger charge is 2.20. The van der Waals surface area contributed by atoms with Gasteiger partial charge in [-0.05, 0) is 7.05 Å². The summed E-state index contributed by atoms with van der Waals surface area (Å²) in [6.45, 7) is -0.519. The lowest BCUT2D eigenvalue weighted by molar-refractivity contribution is 0.282. The Labute approximate surface area is 59.8 Å². The van der Waals surface area contributed by atoms with Gasteiger partial charge in [0.05, 0.1) is 6.61 Å². The number of aliphatic hydroxyl groups is 1. The second-order valence-corrected chi connectivity index (χ2v) is 3.57. The number of nitrogens with one attached hydrogen (secondary N) is 1. The van der Waals surface area contributed by atoms with E-state index in [1.54, 1.807) is 0 Å². The summed E-state index contributed by atoms with van der Waals surface area (Å²) in [7, 11) is -2.55. The lowest BCUT2D eigenvalue weighted by atomic mass is 10.4. The summed E-state index contributed by atoms with van der Waals surface area (Å²) in [4.78, 5) is 0. The smallest absolute Gasteiger partial charge is 0.271 e. The van der Waals surface area contributed by atoms with Gasteiger partial charge in [0.15, 0.2) is 0 Å². The van der Waals surface area contributed by atoms with E-state index in [0.717, 1.165) is 0 Å². The molecule has 3 N–H and O–H groups in total. The summed E-state index contributed by atoms with van der Waals surface area (Å²) in [6.07, 6.45) is 0. The van der Waals surface area contributed by atoms with Gasteiger partial charge in [-0.15, -0.1) is 0 Å². The first kappa shape index (κ1) is 9.83. The molecule has 0 aromatic carbocycles. The third-order valence-electron chi connectivity index (χ3n) is 1.06. The van der Waals surface area contributed by atoms with Crippen LogP contribution in [0.3, 0.4) is 0 Å². The molecule has 0 aliphatic heterocycles. The fourth-order valence-electron chi connectivity index (χ4n) is 0.492. The highest BCUT2D eigenvalue weighted by molar-refractivity contribution is 7.86. The Morgan fingerprint density at radius 1 is 1.60 bits per heavy atom. The Kier molecular flexibility index (Phi) is 3.80. The van der Waals surface area contributed by atoms with Crippen molar-refractivity contribution in [2.24, 2.45) is 0 Å². The van der Waals surface area contributed by atoms with Crippen LogP contribution >= 0.6 is 0 Å².